The fourth-order valence-electron chi connectivity index (χ4n) is 3.04. The van der Waals surface area contributed by atoms with Crippen LogP contribution in [0, 0.1) is 0 Å². The second kappa shape index (κ2) is 8.95. The van der Waals surface area contributed by atoms with Crippen molar-refractivity contribution in [1.29, 1.82) is 0 Å². The van der Waals surface area contributed by atoms with Crippen LogP contribution in [0.25, 0.3) is 16.9 Å². The molecule has 1 amide bonds. The van der Waals surface area contributed by atoms with Crippen LogP contribution in [0.4, 0.5) is 0 Å². The van der Waals surface area contributed by atoms with Gasteiger partial charge < -0.3 is 5.32 Å². The van der Waals surface area contributed by atoms with Crippen LogP contribution >= 0.6 is 0 Å². The molecular formula is C22H20N6O2. The molecule has 0 unspecified atom stereocenters. The van der Waals surface area contributed by atoms with Crippen LogP contribution in [0.1, 0.15) is 5.56 Å². The molecule has 8 heteroatoms. The third-order valence-electron chi connectivity index (χ3n) is 4.58. The van der Waals surface area contributed by atoms with Crippen LogP contribution in [0.15, 0.2) is 84.2 Å². The van der Waals surface area contributed by atoms with Gasteiger partial charge in [-0.2, -0.15) is 5.10 Å². The van der Waals surface area contributed by atoms with Crippen LogP contribution < -0.4 is 10.9 Å². The Morgan fingerprint density at radius 3 is 2.43 bits per heavy atom. The summed E-state index contributed by atoms with van der Waals surface area (Å²) in [4.78, 5) is 28.1. The molecule has 0 atom stereocenters. The van der Waals surface area contributed by atoms with E-state index in [1.807, 2.05) is 42.5 Å². The van der Waals surface area contributed by atoms with Gasteiger partial charge in [0.25, 0.3) is 5.56 Å². The molecule has 0 aliphatic heterocycles. The molecule has 2 heterocycles. The fraction of sp³-hybridized carbons (Fsp3) is 0.136. The van der Waals surface area contributed by atoms with Crippen molar-refractivity contribution in [3.8, 4) is 16.9 Å². The Kier molecular flexibility index (Phi) is 5.75. The monoisotopic (exact) mass is 400 g/mol. The number of nitrogens with one attached hydrogen (secondary N) is 1. The molecule has 0 aliphatic rings. The fourth-order valence-corrected chi connectivity index (χ4v) is 3.04. The molecule has 2 aromatic heterocycles. The minimum Gasteiger partial charge on any atom is -0.354 e. The molecule has 8 nitrogen and oxygen atoms in total. The summed E-state index contributed by atoms with van der Waals surface area (Å²) in [5, 5.41) is 11.1. The first-order valence-electron chi connectivity index (χ1n) is 9.53. The van der Waals surface area contributed by atoms with Crippen molar-refractivity contribution < 1.29 is 4.79 Å². The van der Waals surface area contributed by atoms with Crippen LogP contribution in [-0.2, 0) is 17.8 Å². The minimum atomic E-state index is -0.246. The normalized spacial score (nSPS) is 10.7. The first-order valence-corrected chi connectivity index (χ1v) is 9.53. The smallest absolute Gasteiger partial charge is 0.266 e. The van der Waals surface area contributed by atoms with Gasteiger partial charge in [-0.15, -0.1) is 5.10 Å². The van der Waals surface area contributed by atoms with Gasteiger partial charge in [-0.05, 0) is 22.8 Å². The van der Waals surface area contributed by atoms with Gasteiger partial charge in [0, 0.05) is 12.6 Å². The summed E-state index contributed by atoms with van der Waals surface area (Å²) in [6.07, 6.45) is 3.17. The molecule has 150 valence electrons. The van der Waals surface area contributed by atoms with Crippen LogP contribution in [0.5, 0.6) is 0 Å². The van der Waals surface area contributed by atoms with E-state index in [9.17, 15) is 9.59 Å². The number of carbonyl (C=O) groups excluding carboxylic acids is 1. The second-order valence-corrected chi connectivity index (χ2v) is 6.68. The van der Waals surface area contributed by atoms with Gasteiger partial charge in [0.15, 0.2) is 5.82 Å². The van der Waals surface area contributed by atoms with E-state index < -0.39 is 0 Å². The van der Waals surface area contributed by atoms with Gasteiger partial charge in [-0.3, -0.25) is 9.59 Å². The summed E-state index contributed by atoms with van der Waals surface area (Å²) in [7, 11) is 0. The highest BCUT2D eigenvalue weighted by Crippen LogP contribution is 2.19. The number of aromatic nitrogens is 5. The molecule has 0 saturated heterocycles. The number of benzene rings is 2. The second-order valence-electron chi connectivity index (χ2n) is 6.68. The summed E-state index contributed by atoms with van der Waals surface area (Å²) >= 11 is 0. The molecule has 2 aromatic carbocycles. The molecule has 0 bridgehead atoms. The van der Waals surface area contributed by atoms with E-state index in [2.05, 4.69) is 32.6 Å². The third-order valence-corrected chi connectivity index (χ3v) is 4.58. The Balaban J connectivity index is 1.31. The molecule has 1 N–H and O–H groups in total. The van der Waals surface area contributed by atoms with E-state index in [4.69, 9.17) is 0 Å². The van der Waals surface area contributed by atoms with Gasteiger partial charge in [0.1, 0.15) is 12.7 Å². The highest BCUT2D eigenvalue weighted by molar-refractivity contribution is 5.78. The van der Waals surface area contributed by atoms with E-state index >= 15 is 0 Å². The molecule has 0 radical (unpaired) electrons. The lowest BCUT2D eigenvalue weighted by Gasteiger charge is -2.09. The summed E-state index contributed by atoms with van der Waals surface area (Å²) in [5.74, 6) is 0.375. The zero-order chi connectivity index (χ0) is 20.8. The number of carbonyl (C=O) groups is 1. The van der Waals surface area contributed by atoms with Crippen molar-refractivity contribution in [3.05, 3.63) is 95.3 Å². The molecule has 30 heavy (non-hydrogen) atoms. The van der Waals surface area contributed by atoms with Gasteiger partial charge >= 0.3 is 0 Å². The molecule has 0 aliphatic carbocycles. The molecular weight excluding hydrogens is 380 g/mol. The lowest BCUT2D eigenvalue weighted by molar-refractivity contribution is -0.120. The topological polar surface area (TPSA) is 94.7 Å². The number of rotatable bonds is 7. The largest absolute Gasteiger partial charge is 0.354 e. The average molecular weight is 400 g/mol. The van der Waals surface area contributed by atoms with Crippen LogP contribution in [-0.4, -0.2) is 37.0 Å². The average Bonchev–Trinajstić information content (AvgIpc) is 3.31. The van der Waals surface area contributed by atoms with Crippen molar-refractivity contribution in [2.75, 3.05) is 6.54 Å². The highest BCUT2D eigenvalue weighted by atomic mass is 16.1. The van der Waals surface area contributed by atoms with E-state index in [-0.39, 0.29) is 24.4 Å². The van der Waals surface area contributed by atoms with Gasteiger partial charge in [-0.25, -0.2) is 14.3 Å². The van der Waals surface area contributed by atoms with Crippen molar-refractivity contribution in [2.24, 2.45) is 0 Å². The Morgan fingerprint density at radius 1 is 0.933 bits per heavy atom. The highest BCUT2D eigenvalue weighted by Gasteiger charge is 2.06. The standard InChI is InChI=1S/C22H20N6O2/c29-21(14-17-6-8-19(9-7-17)18-4-2-1-3-5-18)24-12-13-27-22(30)11-10-20(26-27)28-16-23-15-25-28/h1-11,15-16H,12-14H2,(H,24,29). The maximum Gasteiger partial charge on any atom is 0.266 e. The Hall–Kier alpha value is -4.07. The van der Waals surface area contributed by atoms with Crippen LogP contribution in [0.3, 0.4) is 0 Å². The minimum absolute atomic E-state index is 0.108. The summed E-state index contributed by atoms with van der Waals surface area (Å²) < 4.78 is 2.76. The SMILES string of the molecule is O=C(Cc1ccc(-c2ccccc2)cc1)NCCn1nc(-n2cncn2)ccc1=O. The van der Waals surface area contributed by atoms with Crippen molar-refractivity contribution >= 4 is 5.91 Å². The van der Waals surface area contributed by atoms with Gasteiger partial charge in [0.2, 0.25) is 5.91 Å². The van der Waals surface area contributed by atoms with E-state index in [0.29, 0.717) is 12.4 Å². The summed E-state index contributed by atoms with van der Waals surface area (Å²) in [6.45, 7) is 0.564. The molecule has 0 spiro atoms. The van der Waals surface area contributed by atoms with Crippen molar-refractivity contribution in [3.63, 3.8) is 0 Å². The Bertz CT molecular complexity index is 1170. The number of amides is 1. The predicted octanol–water partition coefficient (Wildman–Crippen LogP) is 1.85. The van der Waals surface area contributed by atoms with Gasteiger partial charge in [-0.1, -0.05) is 54.6 Å². The zero-order valence-electron chi connectivity index (χ0n) is 16.2. The molecule has 4 aromatic rings. The lowest BCUT2D eigenvalue weighted by atomic mass is 10.0. The molecule has 4 rings (SSSR count). The quantitative estimate of drug-likeness (QED) is 0.511. The maximum atomic E-state index is 12.3. The van der Waals surface area contributed by atoms with Crippen LogP contribution in [0.2, 0.25) is 0 Å². The third kappa shape index (κ3) is 4.67. The molecule has 0 saturated carbocycles. The van der Waals surface area contributed by atoms with E-state index in [0.717, 1.165) is 16.7 Å². The first kappa shape index (κ1) is 19.3. The van der Waals surface area contributed by atoms with Crippen molar-refractivity contribution in [2.45, 2.75) is 13.0 Å². The first-order chi connectivity index (χ1) is 14.7. The Labute approximate surface area is 172 Å². The maximum absolute atomic E-state index is 12.3. The molecule has 0 fully saturated rings. The van der Waals surface area contributed by atoms with E-state index in [1.165, 1.54) is 28.1 Å². The summed E-state index contributed by atoms with van der Waals surface area (Å²) in [6, 6.07) is 21.0. The van der Waals surface area contributed by atoms with Gasteiger partial charge in [0.05, 0.1) is 13.0 Å². The summed E-state index contributed by atoms with van der Waals surface area (Å²) in [5.41, 5.74) is 2.93. The van der Waals surface area contributed by atoms with E-state index in [1.54, 1.807) is 6.07 Å². The van der Waals surface area contributed by atoms with Crippen molar-refractivity contribution in [1.82, 2.24) is 29.9 Å². The Morgan fingerprint density at radius 2 is 1.70 bits per heavy atom. The number of hydrogen-bond donors (Lipinski definition) is 1. The number of hydrogen-bond acceptors (Lipinski definition) is 5. The number of nitrogens with zero attached hydrogens (tertiary/aromatic N) is 5. The zero-order valence-corrected chi connectivity index (χ0v) is 16.2. The lowest BCUT2D eigenvalue weighted by Crippen LogP contribution is -2.33. The predicted molar refractivity (Wildman–Crippen MR) is 112 cm³/mol.